The minimum Gasteiger partial charge on any atom is -0.481 e. The topological polar surface area (TPSA) is 69.9 Å². The van der Waals surface area contributed by atoms with Gasteiger partial charge in [0.05, 0.1) is 12.5 Å². The molecule has 0 aliphatic rings. The Balaban J connectivity index is 4.04. The predicted molar refractivity (Wildman–Crippen MR) is 46.5 cm³/mol. The van der Waals surface area contributed by atoms with E-state index in [1.807, 2.05) is 13.8 Å². The van der Waals surface area contributed by atoms with Gasteiger partial charge in [-0.1, -0.05) is 0 Å². The summed E-state index contributed by atoms with van der Waals surface area (Å²) in [5, 5.41) is 17.1. The second kappa shape index (κ2) is 5.71. The molecule has 0 heterocycles. The quantitative estimate of drug-likeness (QED) is 0.601. The lowest BCUT2D eigenvalue weighted by Crippen LogP contribution is -2.14. The molecule has 0 bridgehead atoms. The van der Waals surface area contributed by atoms with Gasteiger partial charge in [-0.2, -0.15) is 0 Å². The van der Waals surface area contributed by atoms with Crippen LogP contribution in [0.4, 0.5) is 0 Å². The zero-order valence-corrected chi connectivity index (χ0v) is 7.45. The van der Waals surface area contributed by atoms with Crippen LogP contribution in [-0.2, 0) is 4.79 Å². The Bertz CT molecular complexity index is 173. The molecule has 0 radical (unpaired) electrons. The lowest BCUT2D eigenvalue weighted by atomic mass is 10.1. The molecule has 1 unspecified atom stereocenters. The van der Waals surface area contributed by atoms with Gasteiger partial charge in [0.2, 0.25) is 0 Å². The maximum absolute atomic E-state index is 10.3. The van der Waals surface area contributed by atoms with Crippen LogP contribution in [0.5, 0.6) is 0 Å². The first-order valence-electron chi connectivity index (χ1n) is 3.90. The van der Waals surface area contributed by atoms with Crippen LogP contribution in [0.25, 0.3) is 0 Å². The van der Waals surface area contributed by atoms with E-state index in [-0.39, 0.29) is 19.1 Å². The van der Waals surface area contributed by atoms with Crippen LogP contribution in [0, 0.1) is 0 Å². The van der Waals surface area contributed by atoms with Crippen molar-refractivity contribution in [3.05, 3.63) is 0 Å². The number of aliphatic carboxylic acids is 1. The summed E-state index contributed by atoms with van der Waals surface area (Å²) >= 11 is 0. The minimum absolute atomic E-state index is 0.00819. The van der Waals surface area contributed by atoms with Crippen molar-refractivity contribution in [2.24, 2.45) is 4.99 Å². The maximum atomic E-state index is 10.3. The molecule has 0 fully saturated rings. The number of hydrogen-bond donors (Lipinski definition) is 2. The highest BCUT2D eigenvalue weighted by atomic mass is 16.4. The molecular formula is C8H15NO3. The lowest BCUT2D eigenvalue weighted by molar-refractivity contribution is -0.137. The summed E-state index contributed by atoms with van der Waals surface area (Å²) in [6, 6.07) is -0.280. The highest BCUT2D eigenvalue weighted by Crippen LogP contribution is 2.03. The molecule has 4 nitrogen and oxygen atoms in total. The standard InChI is InChI=1S/C8H15NO3/c1-6(2)9-7(3-4-10)5-8(11)12/h7,10H,3-5H2,1-2H3,(H,11,12). The minimum atomic E-state index is -0.876. The van der Waals surface area contributed by atoms with E-state index >= 15 is 0 Å². The first-order chi connectivity index (χ1) is 5.56. The fraction of sp³-hybridized carbons (Fsp3) is 0.750. The summed E-state index contributed by atoms with van der Waals surface area (Å²) in [4.78, 5) is 14.4. The van der Waals surface area contributed by atoms with Gasteiger partial charge in [0.15, 0.2) is 0 Å². The van der Waals surface area contributed by atoms with Crippen molar-refractivity contribution in [1.29, 1.82) is 0 Å². The van der Waals surface area contributed by atoms with Crippen molar-refractivity contribution in [3.63, 3.8) is 0 Å². The van der Waals surface area contributed by atoms with Crippen molar-refractivity contribution in [2.45, 2.75) is 32.7 Å². The van der Waals surface area contributed by atoms with Gasteiger partial charge in [0, 0.05) is 12.3 Å². The van der Waals surface area contributed by atoms with Crippen molar-refractivity contribution < 1.29 is 15.0 Å². The smallest absolute Gasteiger partial charge is 0.305 e. The molecule has 4 heteroatoms. The average molecular weight is 173 g/mol. The third-order valence-corrected chi connectivity index (χ3v) is 1.31. The third-order valence-electron chi connectivity index (χ3n) is 1.31. The van der Waals surface area contributed by atoms with Crippen molar-refractivity contribution >= 4 is 11.7 Å². The highest BCUT2D eigenvalue weighted by Gasteiger charge is 2.10. The molecule has 0 aromatic heterocycles. The van der Waals surface area contributed by atoms with E-state index in [0.29, 0.717) is 6.42 Å². The normalized spacial score (nSPS) is 12.2. The number of carbonyl (C=O) groups is 1. The number of hydrogen-bond acceptors (Lipinski definition) is 3. The van der Waals surface area contributed by atoms with Crippen LogP contribution in [0.2, 0.25) is 0 Å². The number of carboxylic acid groups (broad SMARTS) is 1. The molecule has 0 rings (SSSR count). The number of aliphatic hydroxyl groups is 1. The summed E-state index contributed by atoms with van der Waals surface area (Å²) < 4.78 is 0. The summed E-state index contributed by atoms with van der Waals surface area (Å²) in [7, 11) is 0. The van der Waals surface area contributed by atoms with Crippen LogP contribution >= 0.6 is 0 Å². The van der Waals surface area contributed by atoms with Gasteiger partial charge in [-0.3, -0.25) is 9.79 Å². The SMILES string of the molecule is CC(C)=NC(CCO)CC(=O)O. The lowest BCUT2D eigenvalue weighted by Gasteiger charge is -2.07. The Kier molecular flexibility index (Phi) is 5.28. The Morgan fingerprint density at radius 1 is 1.50 bits per heavy atom. The van der Waals surface area contributed by atoms with Gasteiger partial charge in [-0.25, -0.2) is 0 Å². The summed E-state index contributed by atoms with van der Waals surface area (Å²) in [6.45, 7) is 3.60. The molecule has 0 saturated heterocycles. The predicted octanol–water partition coefficient (Wildman–Crippen LogP) is 0.693. The number of rotatable bonds is 5. The van der Waals surface area contributed by atoms with Gasteiger partial charge >= 0.3 is 5.97 Å². The largest absolute Gasteiger partial charge is 0.481 e. The second-order valence-corrected chi connectivity index (χ2v) is 2.84. The van der Waals surface area contributed by atoms with Gasteiger partial charge < -0.3 is 10.2 Å². The highest BCUT2D eigenvalue weighted by molar-refractivity contribution is 5.79. The Hall–Kier alpha value is -0.900. The zero-order valence-electron chi connectivity index (χ0n) is 7.45. The summed E-state index contributed by atoms with van der Waals surface area (Å²) in [5.74, 6) is -0.876. The summed E-state index contributed by atoms with van der Waals surface area (Å²) in [6.07, 6.45) is 0.406. The molecule has 2 N–H and O–H groups in total. The van der Waals surface area contributed by atoms with E-state index in [4.69, 9.17) is 10.2 Å². The fourth-order valence-electron chi connectivity index (χ4n) is 0.928. The van der Waals surface area contributed by atoms with Gasteiger partial charge in [-0.15, -0.1) is 0 Å². The van der Waals surface area contributed by atoms with E-state index in [2.05, 4.69) is 4.99 Å². The molecule has 0 aliphatic carbocycles. The molecule has 0 aliphatic heterocycles. The van der Waals surface area contributed by atoms with E-state index in [1.165, 1.54) is 0 Å². The monoisotopic (exact) mass is 173 g/mol. The van der Waals surface area contributed by atoms with Crippen molar-refractivity contribution in [2.75, 3.05) is 6.61 Å². The van der Waals surface area contributed by atoms with Crippen LogP contribution in [-0.4, -0.2) is 34.5 Å². The molecule has 0 aromatic carbocycles. The first kappa shape index (κ1) is 11.1. The molecule has 70 valence electrons. The van der Waals surface area contributed by atoms with Crippen molar-refractivity contribution in [3.8, 4) is 0 Å². The van der Waals surface area contributed by atoms with Crippen LogP contribution in [0.3, 0.4) is 0 Å². The van der Waals surface area contributed by atoms with Gasteiger partial charge in [-0.05, 0) is 20.3 Å². The maximum Gasteiger partial charge on any atom is 0.305 e. The van der Waals surface area contributed by atoms with E-state index < -0.39 is 5.97 Å². The molecule has 0 aromatic rings. The van der Waals surface area contributed by atoms with E-state index in [9.17, 15) is 4.79 Å². The Morgan fingerprint density at radius 2 is 2.08 bits per heavy atom. The van der Waals surface area contributed by atoms with Gasteiger partial charge in [0.1, 0.15) is 0 Å². The van der Waals surface area contributed by atoms with E-state index in [1.54, 1.807) is 0 Å². The number of nitrogens with zero attached hydrogens (tertiary/aromatic N) is 1. The number of aliphatic imine (C=N–C) groups is 1. The van der Waals surface area contributed by atoms with Crippen LogP contribution in [0.15, 0.2) is 4.99 Å². The molecule has 0 spiro atoms. The van der Waals surface area contributed by atoms with Crippen LogP contribution < -0.4 is 0 Å². The molecule has 1 atom stereocenters. The second-order valence-electron chi connectivity index (χ2n) is 2.84. The average Bonchev–Trinajstić information content (AvgIpc) is 1.84. The number of carboxylic acids is 1. The zero-order chi connectivity index (χ0) is 9.56. The third kappa shape index (κ3) is 5.85. The fourth-order valence-corrected chi connectivity index (χ4v) is 0.928. The Morgan fingerprint density at radius 3 is 2.42 bits per heavy atom. The Labute approximate surface area is 71.9 Å². The van der Waals surface area contributed by atoms with E-state index in [0.717, 1.165) is 5.71 Å². The molecule has 0 amide bonds. The van der Waals surface area contributed by atoms with Gasteiger partial charge in [0.25, 0.3) is 0 Å². The molecule has 0 saturated carbocycles. The number of aliphatic hydroxyl groups excluding tert-OH is 1. The first-order valence-corrected chi connectivity index (χ1v) is 3.90. The summed E-state index contributed by atoms with van der Waals surface area (Å²) in [5.41, 5.74) is 0.842. The van der Waals surface area contributed by atoms with Crippen molar-refractivity contribution in [1.82, 2.24) is 0 Å². The molecular weight excluding hydrogens is 158 g/mol. The molecule has 12 heavy (non-hydrogen) atoms. The van der Waals surface area contributed by atoms with Crippen LogP contribution in [0.1, 0.15) is 26.7 Å².